The number of aryl methyl sites for hydroxylation is 1. The predicted octanol–water partition coefficient (Wildman–Crippen LogP) is 4.01. The molecule has 4 rings (SSSR count). The topological polar surface area (TPSA) is 123 Å². The molecule has 0 spiro atoms. The number of nitrogens with one attached hydrogen (secondary N) is 2. The number of carboxylic acids is 1. The molecule has 3 N–H and O–H groups in total. The van der Waals surface area contributed by atoms with E-state index in [0.717, 1.165) is 22.3 Å². The van der Waals surface area contributed by atoms with Gasteiger partial charge in [0, 0.05) is 19.2 Å². The molecule has 0 aliphatic heterocycles. The van der Waals surface area contributed by atoms with Crippen LogP contribution in [0, 0.1) is 5.92 Å². The minimum atomic E-state index is -1.26. The Morgan fingerprint density at radius 2 is 1.69 bits per heavy atom. The van der Waals surface area contributed by atoms with Crippen LogP contribution in [0.5, 0.6) is 0 Å². The Bertz CT molecular complexity index is 1220. The molecule has 1 aliphatic rings. The minimum absolute atomic E-state index is 0.0626. The molecular formula is C26H28N4O5. The van der Waals surface area contributed by atoms with Crippen molar-refractivity contribution in [3.63, 3.8) is 0 Å². The fourth-order valence-electron chi connectivity index (χ4n) is 4.42. The maximum Gasteiger partial charge on any atom is 0.407 e. The van der Waals surface area contributed by atoms with Crippen LogP contribution in [0.4, 0.5) is 10.5 Å². The van der Waals surface area contributed by atoms with Gasteiger partial charge in [0.05, 0.1) is 5.69 Å². The summed E-state index contributed by atoms with van der Waals surface area (Å²) in [7, 11) is 1.56. The number of carbonyl (C=O) groups excluding carboxylic acids is 2. The zero-order valence-corrected chi connectivity index (χ0v) is 19.8. The monoisotopic (exact) mass is 476 g/mol. The zero-order chi connectivity index (χ0) is 25.1. The van der Waals surface area contributed by atoms with Crippen LogP contribution in [0.25, 0.3) is 11.1 Å². The average molecular weight is 477 g/mol. The first-order chi connectivity index (χ1) is 16.8. The number of benzene rings is 2. The number of hydrogen-bond donors (Lipinski definition) is 3. The number of hydrogen-bond acceptors (Lipinski definition) is 5. The second-order valence-corrected chi connectivity index (χ2v) is 8.69. The lowest BCUT2D eigenvalue weighted by molar-refractivity contribution is -0.119. The van der Waals surface area contributed by atoms with Crippen LogP contribution in [-0.4, -0.2) is 45.5 Å². The van der Waals surface area contributed by atoms with Crippen molar-refractivity contribution in [1.29, 1.82) is 0 Å². The molecule has 35 heavy (non-hydrogen) atoms. The smallest absolute Gasteiger partial charge is 0.407 e. The highest BCUT2D eigenvalue weighted by Crippen LogP contribution is 2.44. The van der Waals surface area contributed by atoms with E-state index < -0.39 is 24.0 Å². The van der Waals surface area contributed by atoms with E-state index in [1.807, 2.05) is 50.2 Å². The lowest BCUT2D eigenvalue weighted by atomic mass is 9.98. The van der Waals surface area contributed by atoms with Gasteiger partial charge >= 0.3 is 12.1 Å². The summed E-state index contributed by atoms with van der Waals surface area (Å²) < 4.78 is 6.89. The molecule has 1 aromatic heterocycles. The highest BCUT2D eigenvalue weighted by atomic mass is 16.5. The summed E-state index contributed by atoms with van der Waals surface area (Å²) in [5.74, 6) is -2.12. The van der Waals surface area contributed by atoms with Crippen LogP contribution in [0.2, 0.25) is 0 Å². The zero-order valence-electron chi connectivity index (χ0n) is 19.8. The molecule has 9 nitrogen and oxygen atoms in total. The van der Waals surface area contributed by atoms with E-state index in [1.54, 1.807) is 7.05 Å². The first-order valence-corrected chi connectivity index (χ1v) is 11.5. The number of ether oxygens (including phenoxy) is 1. The van der Waals surface area contributed by atoms with Crippen LogP contribution >= 0.6 is 0 Å². The highest BCUT2D eigenvalue weighted by molar-refractivity contribution is 6.01. The molecule has 0 saturated carbocycles. The van der Waals surface area contributed by atoms with Gasteiger partial charge in [-0.05, 0) is 28.2 Å². The number of aromatic carboxylic acids is 1. The Morgan fingerprint density at radius 3 is 2.26 bits per heavy atom. The van der Waals surface area contributed by atoms with Gasteiger partial charge in [0.2, 0.25) is 5.91 Å². The molecule has 1 aliphatic carbocycles. The van der Waals surface area contributed by atoms with Gasteiger partial charge in [0.1, 0.15) is 12.6 Å². The number of carboxylic acid groups (broad SMARTS) is 1. The van der Waals surface area contributed by atoms with Crippen molar-refractivity contribution in [3.8, 4) is 11.1 Å². The van der Waals surface area contributed by atoms with Gasteiger partial charge in [-0.15, -0.1) is 0 Å². The fourth-order valence-corrected chi connectivity index (χ4v) is 4.42. The van der Waals surface area contributed by atoms with E-state index in [1.165, 1.54) is 10.9 Å². The Morgan fingerprint density at radius 1 is 1.09 bits per heavy atom. The molecule has 0 radical (unpaired) electrons. The summed E-state index contributed by atoms with van der Waals surface area (Å²) in [5, 5.41) is 18.4. The molecule has 3 aromatic rings. The van der Waals surface area contributed by atoms with E-state index >= 15 is 0 Å². The Balaban J connectivity index is 1.45. The van der Waals surface area contributed by atoms with E-state index in [-0.39, 0.29) is 29.8 Å². The number of carbonyl (C=O) groups is 3. The molecular weight excluding hydrogens is 448 g/mol. The summed E-state index contributed by atoms with van der Waals surface area (Å²) >= 11 is 0. The van der Waals surface area contributed by atoms with E-state index in [2.05, 4.69) is 27.9 Å². The van der Waals surface area contributed by atoms with Gasteiger partial charge in [-0.1, -0.05) is 68.8 Å². The fraction of sp³-hybridized carbons (Fsp3) is 0.308. The Kier molecular flexibility index (Phi) is 6.86. The lowest BCUT2D eigenvalue weighted by Gasteiger charge is -2.23. The maximum absolute atomic E-state index is 13.0. The lowest BCUT2D eigenvalue weighted by Crippen LogP contribution is -2.48. The third-order valence-corrected chi connectivity index (χ3v) is 6.40. The summed E-state index contributed by atoms with van der Waals surface area (Å²) in [6.45, 7) is 3.85. The number of fused-ring (bicyclic) bond motifs is 3. The van der Waals surface area contributed by atoms with Crippen molar-refractivity contribution in [2.24, 2.45) is 13.0 Å². The van der Waals surface area contributed by atoms with Gasteiger partial charge in [0.15, 0.2) is 5.69 Å². The number of rotatable bonds is 8. The van der Waals surface area contributed by atoms with Gasteiger partial charge in [-0.3, -0.25) is 9.48 Å². The first-order valence-electron chi connectivity index (χ1n) is 11.5. The molecule has 0 saturated heterocycles. The van der Waals surface area contributed by atoms with Crippen molar-refractivity contribution < 1.29 is 24.2 Å². The van der Waals surface area contributed by atoms with Crippen LogP contribution in [0.1, 0.15) is 47.8 Å². The quantitative estimate of drug-likeness (QED) is 0.452. The molecule has 2 atom stereocenters. The standard InChI is InChI=1S/C26H28N4O5/c1-4-15(2)22(24(31)27-21-13-30(3)29-23(21)25(32)33)28-26(34)35-14-20-18-11-7-5-9-16(18)17-10-6-8-12-19(17)20/h5-13,15,20,22H,4,14H2,1-3H3,(H,27,31)(H,28,34)(H,32,33)/t15-,22-/m0/s1. The number of anilines is 1. The number of aromatic nitrogens is 2. The second-order valence-electron chi connectivity index (χ2n) is 8.69. The largest absolute Gasteiger partial charge is 0.476 e. The second kappa shape index (κ2) is 10.0. The number of nitrogens with zero attached hydrogens (tertiary/aromatic N) is 2. The number of amides is 2. The average Bonchev–Trinajstić information content (AvgIpc) is 3.38. The minimum Gasteiger partial charge on any atom is -0.476 e. The SMILES string of the molecule is CC[C@H](C)[C@H](NC(=O)OCC1c2ccccc2-c2ccccc21)C(=O)Nc1cn(C)nc1C(=O)O. The highest BCUT2D eigenvalue weighted by Gasteiger charge is 2.31. The van der Waals surface area contributed by atoms with Gasteiger partial charge in [-0.2, -0.15) is 5.10 Å². The Labute approximate surface area is 203 Å². The summed E-state index contributed by atoms with van der Waals surface area (Å²) in [6, 6.07) is 15.2. The first kappa shape index (κ1) is 24.0. The van der Waals surface area contributed by atoms with Crippen LogP contribution in [0.3, 0.4) is 0 Å². The van der Waals surface area contributed by atoms with Crippen LogP contribution in [0.15, 0.2) is 54.7 Å². The molecule has 2 amide bonds. The van der Waals surface area contributed by atoms with Crippen LogP contribution < -0.4 is 10.6 Å². The summed E-state index contributed by atoms with van der Waals surface area (Å²) in [6.07, 6.45) is 1.31. The molecule has 0 unspecified atom stereocenters. The summed E-state index contributed by atoms with van der Waals surface area (Å²) in [5.41, 5.74) is 4.22. The van der Waals surface area contributed by atoms with Gasteiger partial charge in [0.25, 0.3) is 0 Å². The Hall–Kier alpha value is -4.14. The maximum atomic E-state index is 13.0. The van der Waals surface area contributed by atoms with Crippen molar-refractivity contribution >= 4 is 23.7 Å². The number of alkyl carbamates (subject to hydrolysis) is 1. The van der Waals surface area contributed by atoms with Crippen LogP contribution in [-0.2, 0) is 16.6 Å². The third-order valence-electron chi connectivity index (χ3n) is 6.40. The van der Waals surface area contributed by atoms with Crippen molar-refractivity contribution in [2.45, 2.75) is 32.2 Å². The normalized spacial score (nSPS) is 13.9. The van der Waals surface area contributed by atoms with E-state index in [0.29, 0.717) is 6.42 Å². The van der Waals surface area contributed by atoms with Crippen molar-refractivity contribution in [2.75, 3.05) is 11.9 Å². The molecule has 182 valence electrons. The molecule has 2 aromatic carbocycles. The van der Waals surface area contributed by atoms with Gasteiger partial charge < -0.3 is 20.5 Å². The van der Waals surface area contributed by atoms with Crippen molar-refractivity contribution in [1.82, 2.24) is 15.1 Å². The summed E-state index contributed by atoms with van der Waals surface area (Å²) in [4.78, 5) is 37.2. The van der Waals surface area contributed by atoms with E-state index in [4.69, 9.17) is 4.74 Å². The van der Waals surface area contributed by atoms with E-state index in [9.17, 15) is 19.5 Å². The molecule has 1 heterocycles. The molecule has 0 fully saturated rings. The molecule has 9 heteroatoms. The van der Waals surface area contributed by atoms with Gasteiger partial charge in [-0.25, -0.2) is 9.59 Å². The predicted molar refractivity (Wildman–Crippen MR) is 130 cm³/mol. The molecule has 0 bridgehead atoms. The van der Waals surface area contributed by atoms with Crippen molar-refractivity contribution in [3.05, 3.63) is 71.5 Å². The third kappa shape index (κ3) is 4.89.